The Kier molecular flexibility index (Phi) is 7.03. The molecule has 212 valence electrons. The number of nitrogens with zero attached hydrogens (tertiary/aromatic N) is 4. The second-order valence-corrected chi connectivity index (χ2v) is 11.5. The van der Waals surface area contributed by atoms with Crippen LogP contribution in [0.4, 0.5) is 0 Å². The van der Waals surface area contributed by atoms with Gasteiger partial charge in [-0.1, -0.05) is 25.3 Å². The molecule has 0 atom stereocenters. The highest BCUT2D eigenvalue weighted by atomic mass is 16.5. The molecule has 1 amide bonds. The Bertz CT molecular complexity index is 1700. The van der Waals surface area contributed by atoms with Crippen LogP contribution in [0.15, 0.2) is 36.4 Å². The number of ether oxygens (including phenoxy) is 1. The molecule has 0 saturated heterocycles. The zero-order valence-corrected chi connectivity index (χ0v) is 24.5. The molecule has 1 aliphatic carbocycles. The highest BCUT2D eigenvalue weighted by molar-refractivity contribution is 6.03. The molecule has 4 aromatic rings. The molecule has 3 heterocycles. The van der Waals surface area contributed by atoms with Crippen molar-refractivity contribution in [1.82, 2.24) is 24.8 Å². The topological polar surface area (TPSA) is 81.4 Å². The van der Waals surface area contributed by atoms with Gasteiger partial charge in [0.25, 0.3) is 5.91 Å². The maximum Gasteiger partial charge on any atom is 0.265 e. The SMILES string of the molecule is COc1ccc2c(c1)C=C(c1c(C=O)c(C)nn1C)Cn1c-2c(C2CCCCC2)c2ccc(C(=O)NN(C)C)cc21. The third-order valence-electron chi connectivity index (χ3n) is 8.57. The van der Waals surface area contributed by atoms with E-state index in [-0.39, 0.29) is 5.91 Å². The van der Waals surface area contributed by atoms with Crippen molar-refractivity contribution >= 4 is 34.7 Å². The van der Waals surface area contributed by atoms with Crippen molar-refractivity contribution in [1.29, 1.82) is 0 Å². The third-order valence-corrected chi connectivity index (χ3v) is 8.57. The number of hydrazine groups is 1. The van der Waals surface area contributed by atoms with E-state index in [4.69, 9.17) is 4.74 Å². The zero-order chi connectivity index (χ0) is 28.8. The van der Waals surface area contributed by atoms with Gasteiger partial charge >= 0.3 is 0 Å². The lowest BCUT2D eigenvalue weighted by atomic mass is 9.81. The van der Waals surface area contributed by atoms with Crippen molar-refractivity contribution in [2.45, 2.75) is 51.5 Å². The molecule has 2 aromatic heterocycles. The van der Waals surface area contributed by atoms with Crippen molar-refractivity contribution in [3.63, 3.8) is 0 Å². The van der Waals surface area contributed by atoms with Gasteiger partial charge in [-0.15, -0.1) is 0 Å². The summed E-state index contributed by atoms with van der Waals surface area (Å²) in [4.78, 5) is 25.3. The lowest BCUT2D eigenvalue weighted by Gasteiger charge is -2.24. The van der Waals surface area contributed by atoms with Crippen LogP contribution in [0.25, 0.3) is 33.8 Å². The third kappa shape index (κ3) is 4.66. The number of hydrogen-bond acceptors (Lipinski definition) is 5. The maximum absolute atomic E-state index is 13.1. The van der Waals surface area contributed by atoms with Gasteiger partial charge in [-0.05, 0) is 78.8 Å². The fourth-order valence-corrected chi connectivity index (χ4v) is 6.79. The predicted molar refractivity (Wildman–Crippen MR) is 162 cm³/mol. The molecule has 1 fully saturated rings. The summed E-state index contributed by atoms with van der Waals surface area (Å²) in [7, 11) is 7.19. The summed E-state index contributed by atoms with van der Waals surface area (Å²) in [5.41, 5.74) is 12.3. The van der Waals surface area contributed by atoms with Crippen LogP contribution >= 0.6 is 0 Å². The lowest BCUT2D eigenvalue weighted by molar-refractivity contribution is 0.0857. The molecule has 0 spiro atoms. The number of allylic oxidation sites excluding steroid dienone is 1. The minimum absolute atomic E-state index is 0.147. The number of amides is 1. The number of aromatic nitrogens is 3. The molecule has 2 aromatic carbocycles. The fraction of sp³-hybridized carbons (Fsp3) is 0.364. The van der Waals surface area contributed by atoms with Gasteiger partial charge in [0.15, 0.2) is 6.29 Å². The Balaban J connectivity index is 1.67. The van der Waals surface area contributed by atoms with Crippen LogP contribution in [-0.4, -0.2) is 52.8 Å². The molecule has 8 heteroatoms. The minimum atomic E-state index is -0.147. The number of benzene rings is 2. The molecule has 8 nitrogen and oxygen atoms in total. The van der Waals surface area contributed by atoms with Crippen molar-refractivity contribution in [3.05, 3.63) is 70.0 Å². The van der Waals surface area contributed by atoms with Gasteiger partial charge in [0.1, 0.15) is 5.75 Å². The smallest absolute Gasteiger partial charge is 0.265 e. The summed E-state index contributed by atoms with van der Waals surface area (Å²) in [6.45, 7) is 2.41. The number of nitrogens with one attached hydrogen (secondary N) is 1. The molecule has 6 rings (SSSR count). The highest BCUT2D eigenvalue weighted by Gasteiger charge is 2.31. The number of carbonyl (C=O) groups is 2. The minimum Gasteiger partial charge on any atom is -0.497 e. The number of aryl methyl sites for hydroxylation is 2. The van der Waals surface area contributed by atoms with Gasteiger partial charge in [0.2, 0.25) is 0 Å². The second kappa shape index (κ2) is 10.7. The summed E-state index contributed by atoms with van der Waals surface area (Å²) < 4.78 is 9.80. The Labute approximate surface area is 240 Å². The van der Waals surface area contributed by atoms with E-state index in [9.17, 15) is 9.59 Å². The fourth-order valence-electron chi connectivity index (χ4n) is 6.79. The van der Waals surface area contributed by atoms with Gasteiger partial charge in [0.05, 0.1) is 36.3 Å². The van der Waals surface area contributed by atoms with Crippen LogP contribution in [0.3, 0.4) is 0 Å². The summed E-state index contributed by atoms with van der Waals surface area (Å²) in [6, 6.07) is 12.3. The zero-order valence-electron chi connectivity index (χ0n) is 24.5. The molecule has 1 aliphatic heterocycles. The molecule has 1 N–H and O–H groups in total. The maximum atomic E-state index is 13.1. The molecular weight excluding hydrogens is 514 g/mol. The van der Waals surface area contributed by atoms with Gasteiger partial charge in [-0.2, -0.15) is 5.10 Å². The predicted octanol–water partition coefficient (Wildman–Crippen LogP) is 5.98. The largest absolute Gasteiger partial charge is 0.497 e. The first kappa shape index (κ1) is 27.0. The summed E-state index contributed by atoms with van der Waals surface area (Å²) >= 11 is 0. The highest BCUT2D eigenvalue weighted by Crippen LogP contribution is 2.48. The number of hydrogen-bond donors (Lipinski definition) is 1. The average Bonchev–Trinajstić information content (AvgIpc) is 3.37. The number of rotatable bonds is 6. The van der Waals surface area contributed by atoms with Gasteiger partial charge in [0, 0.05) is 43.2 Å². The van der Waals surface area contributed by atoms with Crippen molar-refractivity contribution in [3.8, 4) is 17.0 Å². The molecular formula is C33H37N5O3. The monoisotopic (exact) mass is 551 g/mol. The van der Waals surface area contributed by atoms with Crippen LogP contribution in [0.5, 0.6) is 5.75 Å². The molecule has 0 radical (unpaired) electrons. The quantitative estimate of drug-likeness (QED) is 0.236. The lowest BCUT2D eigenvalue weighted by Crippen LogP contribution is -2.36. The van der Waals surface area contributed by atoms with E-state index < -0.39 is 0 Å². The molecule has 2 aliphatic rings. The molecule has 0 unspecified atom stereocenters. The molecule has 41 heavy (non-hydrogen) atoms. The van der Waals surface area contributed by atoms with Crippen LogP contribution < -0.4 is 10.2 Å². The van der Waals surface area contributed by atoms with E-state index in [1.807, 2.05) is 46.3 Å². The number of carbonyl (C=O) groups excluding carboxylic acids is 2. The standard InChI is InChI=1S/C33H37N5O3/c1-20-28(19-39)31(37(4)34-20)24-15-23-16-25(41-5)12-14-26(23)32-30(21-9-7-6-8-10-21)27-13-11-22(33(40)35-36(2)3)17-29(27)38(32)18-24/h11-17,19,21H,6-10,18H2,1-5H3,(H,35,40). The number of aldehydes is 1. The first-order valence-electron chi connectivity index (χ1n) is 14.3. The Hall–Kier alpha value is -4.17. The number of methoxy groups -OCH3 is 1. The van der Waals surface area contributed by atoms with Crippen molar-refractivity contribution in [2.24, 2.45) is 7.05 Å². The summed E-state index contributed by atoms with van der Waals surface area (Å²) in [5, 5.41) is 7.44. The summed E-state index contributed by atoms with van der Waals surface area (Å²) in [5.74, 6) is 1.07. The van der Waals surface area contributed by atoms with Gasteiger partial charge in [-0.25, -0.2) is 5.01 Å². The Morgan fingerprint density at radius 3 is 2.59 bits per heavy atom. The first-order valence-corrected chi connectivity index (χ1v) is 14.3. The first-order chi connectivity index (χ1) is 19.8. The molecule has 0 bridgehead atoms. The van der Waals surface area contributed by atoms with E-state index in [0.717, 1.165) is 52.8 Å². The average molecular weight is 552 g/mol. The van der Waals surface area contributed by atoms with E-state index in [1.54, 1.807) is 16.8 Å². The number of fused-ring (bicyclic) bond motifs is 5. The summed E-state index contributed by atoms with van der Waals surface area (Å²) in [6.07, 6.45) is 9.09. The normalized spacial score (nSPS) is 15.3. The van der Waals surface area contributed by atoms with Crippen LogP contribution in [0.1, 0.15) is 81.3 Å². The van der Waals surface area contributed by atoms with Crippen LogP contribution in [-0.2, 0) is 13.6 Å². The van der Waals surface area contributed by atoms with Crippen molar-refractivity contribution < 1.29 is 14.3 Å². The van der Waals surface area contributed by atoms with E-state index in [2.05, 4.69) is 39.4 Å². The van der Waals surface area contributed by atoms with E-state index in [0.29, 0.717) is 29.3 Å². The van der Waals surface area contributed by atoms with Crippen LogP contribution in [0, 0.1) is 6.92 Å². The second-order valence-electron chi connectivity index (χ2n) is 11.5. The van der Waals surface area contributed by atoms with Crippen molar-refractivity contribution in [2.75, 3.05) is 21.2 Å². The van der Waals surface area contributed by atoms with Gasteiger partial charge in [-0.3, -0.25) is 19.7 Å². The van der Waals surface area contributed by atoms with E-state index >= 15 is 0 Å². The molecule has 1 saturated carbocycles. The Morgan fingerprint density at radius 1 is 1.10 bits per heavy atom. The van der Waals surface area contributed by atoms with E-state index in [1.165, 1.54) is 35.9 Å². The van der Waals surface area contributed by atoms with Crippen LogP contribution in [0.2, 0.25) is 0 Å². The van der Waals surface area contributed by atoms with Gasteiger partial charge < -0.3 is 9.30 Å². The Morgan fingerprint density at radius 2 is 1.88 bits per heavy atom.